The minimum absolute atomic E-state index is 0.0463. The first-order valence-corrected chi connectivity index (χ1v) is 6.70. The molecule has 3 nitrogen and oxygen atoms in total. The van der Waals surface area contributed by atoms with E-state index in [9.17, 15) is 4.79 Å². The molecule has 1 aromatic rings. The minimum atomic E-state index is 0.0463. The van der Waals surface area contributed by atoms with Gasteiger partial charge in [-0.15, -0.1) is 11.3 Å². The zero-order valence-electron chi connectivity index (χ0n) is 10.1. The maximum atomic E-state index is 11.8. The van der Waals surface area contributed by atoms with Gasteiger partial charge >= 0.3 is 0 Å². The number of nitrogens with one attached hydrogen (secondary N) is 1. The quantitative estimate of drug-likeness (QED) is 0.890. The number of nitrogens with zero attached hydrogens (tertiary/aromatic N) is 1. The van der Waals surface area contributed by atoms with E-state index >= 15 is 0 Å². The Labute approximate surface area is 105 Å². The number of aromatic nitrogens is 1. The van der Waals surface area contributed by atoms with Crippen LogP contribution < -0.4 is 5.32 Å². The molecule has 0 unspecified atom stereocenters. The van der Waals surface area contributed by atoms with Gasteiger partial charge in [-0.25, -0.2) is 4.98 Å². The van der Waals surface area contributed by atoms with Gasteiger partial charge in [0, 0.05) is 17.5 Å². The van der Waals surface area contributed by atoms with E-state index in [1.54, 1.807) is 11.3 Å². The van der Waals surface area contributed by atoms with Crippen LogP contribution >= 0.6 is 11.3 Å². The van der Waals surface area contributed by atoms with Crippen molar-refractivity contribution in [2.45, 2.75) is 26.7 Å². The summed E-state index contributed by atoms with van der Waals surface area (Å²) >= 11 is 1.63. The molecule has 0 aliphatic heterocycles. The molecular formula is C13H16N2OS. The molecule has 0 bridgehead atoms. The molecule has 0 aromatic carbocycles. The fraction of sp³-hybridized carbons (Fsp3) is 0.385. The summed E-state index contributed by atoms with van der Waals surface area (Å²) in [5, 5.41) is 5.98. The molecule has 0 saturated heterocycles. The van der Waals surface area contributed by atoms with Crippen LogP contribution in [-0.2, 0) is 4.79 Å². The number of carbonyl (C=O) groups is 1. The van der Waals surface area contributed by atoms with Crippen molar-refractivity contribution >= 4 is 22.8 Å². The van der Waals surface area contributed by atoms with E-state index in [-0.39, 0.29) is 5.91 Å². The fourth-order valence-corrected chi connectivity index (χ4v) is 2.33. The average Bonchev–Trinajstić information content (AvgIpc) is 2.93. The van der Waals surface area contributed by atoms with Gasteiger partial charge in [-0.1, -0.05) is 13.0 Å². The van der Waals surface area contributed by atoms with Crippen LogP contribution in [0.5, 0.6) is 0 Å². The standard InChI is InChI=1S/C13H16N2OS/c1-3-6-14-13(16)11-5-4-10(7-11)12-8-17-9(2)15-12/h4,7-8H,3,5-6H2,1-2H3,(H,14,16). The lowest BCUT2D eigenvalue weighted by Crippen LogP contribution is -2.25. The van der Waals surface area contributed by atoms with Crippen LogP contribution in [0.3, 0.4) is 0 Å². The first-order chi connectivity index (χ1) is 8.20. The second-order valence-electron chi connectivity index (χ2n) is 4.04. The van der Waals surface area contributed by atoms with Gasteiger partial charge in [-0.2, -0.15) is 0 Å². The van der Waals surface area contributed by atoms with Crippen LogP contribution in [0.2, 0.25) is 0 Å². The third kappa shape index (κ3) is 2.82. The predicted molar refractivity (Wildman–Crippen MR) is 70.8 cm³/mol. The van der Waals surface area contributed by atoms with Gasteiger partial charge in [0.15, 0.2) is 0 Å². The average molecular weight is 248 g/mol. The fourth-order valence-electron chi connectivity index (χ4n) is 1.71. The molecule has 4 heteroatoms. The molecule has 1 heterocycles. The van der Waals surface area contributed by atoms with E-state index in [1.807, 2.05) is 25.3 Å². The monoisotopic (exact) mass is 248 g/mol. The number of hydrogen-bond acceptors (Lipinski definition) is 3. The topological polar surface area (TPSA) is 42.0 Å². The highest BCUT2D eigenvalue weighted by molar-refractivity contribution is 7.09. The Morgan fingerprint density at radius 2 is 2.41 bits per heavy atom. The summed E-state index contributed by atoms with van der Waals surface area (Å²) in [5.74, 6) is 0.0463. The van der Waals surface area contributed by atoms with Crippen molar-refractivity contribution in [2.75, 3.05) is 6.54 Å². The molecule has 2 rings (SSSR count). The molecule has 0 radical (unpaired) electrons. The number of hydrogen-bond donors (Lipinski definition) is 1. The SMILES string of the molecule is CCCNC(=O)C1=CC(c2csc(C)n2)=CC1. The smallest absolute Gasteiger partial charge is 0.247 e. The number of thiazole rings is 1. The molecule has 1 aromatic heterocycles. The van der Waals surface area contributed by atoms with Gasteiger partial charge in [0.1, 0.15) is 0 Å². The Balaban J connectivity index is 2.04. The first-order valence-electron chi connectivity index (χ1n) is 5.82. The summed E-state index contributed by atoms with van der Waals surface area (Å²) in [6, 6.07) is 0. The molecule has 1 N–H and O–H groups in total. The van der Waals surface area contributed by atoms with E-state index < -0.39 is 0 Å². The van der Waals surface area contributed by atoms with Crippen molar-refractivity contribution in [3.05, 3.63) is 33.8 Å². The van der Waals surface area contributed by atoms with Crippen LogP contribution in [0.25, 0.3) is 5.57 Å². The summed E-state index contributed by atoms with van der Waals surface area (Å²) in [4.78, 5) is 16.2. The Morgan fingerprint density at radius 3 is 3.06 bits per heavy atom. The molecule has 1 aliphatic rings. The highest BCUT2D eigenvalue weighted by Crippen LogP contribution is 2.27. The summed E-state index contributed by atoms with van der Waals surface area (Å²) in [6.45, 7) is 4.77. The van der Waals surface area contributed by atoms with Crippen LogP contribution in [0.15, 0.2) is 23.1 Å². The number of aryl methyl sites for hydroxylation is 1. The van der Waals surface area contributed by atoms with Gasteiger partial charge < -0.3 is 5.32 Å². The van der Waals surface area contributed by atoms with Crippen LogP contribution in [0.1, 0.15) is 30.5 Å². The lowest BCUT2D eigenvalue weighted by Gasteiger charge is -2.02. The van der Waals surface area contributed by atoms with Crippen molar-refractivity contribution in [3.8, 4) is 0 Å². The van der Waals surface area contributed by atoms with E-state index in [0.29, 0.717) is 6.42 Å². The maximum Gasteiger partial charge on any atom is 0.247 e. The van der Waals surface area contributed by atoms with E-state index in [4.69, 9.17) is 0 Å². The summed E-state index contributed by atoms with van der Waals surface area (Å²) in [7, 11) is 0. The van der Waals surface area contributed by atoms with Gasteiger partial charge in [0.25, 0.3) is 0 Å². The van der Waals surface area contributed by atoms with Crippen LogP contribution in [0.4, 0.5) is 0 Å². The lowest BCUT2D eigenvalue weighted by molar-refractivity contribution is -0.117. The molecule has 0 fully saturated rings. The predicted octanol–water partition coefficient (Wildman–Crippen LogP) is 2.69. The molecule has 1 amide bonds. The molecular weight excluding hydrogens is 232 g/mol. The number of allylic oxidation sites excluding steroid dienone is 3. The van der Waals surface area contributed by atoms with Crippen LogP contribution in [-0.4, -0.2) is 17.4 Å². The molecule has 0 spiro atoms. The van der Waals surface area contributed by atoms with Gasteiger partial charge in [-0.3, -0.25) is 4.79 Å². The van der Waals surface area contributed by atoms with Crippen molar-refractivity contribution in [1.29, 1.82) is 0 Å². The summed E-state index contributed by atoms with van der Waals surface area (Å²) in [6.07, 6.45) is 5.68. The largest absolute Gasteiger partial charge is 0.352 e. The second kappa shape index (κ2) is 5.27. The van der Waals surface area contributed by atoms with Crippen LogP contribution in [0, 0.1) is 6.92 Å². The molecule has 17 heavy (non-hydrogen) atoms. The van der Waals surface area contributed by atoms with Crippen molar-refractivity contribution in [1.82, 2.24) is 10.3 Å². The highest BCUT2D eigenvalue weighted by Gasteiger charge is 2.15. The lowest BCUT2D eigenvalue weighted by atomic mass is 10.2. The van der Waals surface area contributed by atoms with Crippen molar-refractivity contribution in [2.24, 2.45) is 0 Å². The molecule has 0 saturated carbocycles. The van der Waals surface area contributed by atoms with E-state index in [0.717, 1.165) is 34.8 Å². The van der Waals surface area contributed by atoms with Gasteiger partial charge in [0.2, 0.25) is 5.91 Å². The summed E-state index contributed by atoms with van der Waals surface area (Å²) < 4.78 is 0. The normalized spacial score (nSPS) is 14.5. The van der Waals surface area contributed by atoms with E-state index in [1.165, 1.54) is 0 Å². The zero-order valence-corrected chi connectivity index (χ0v) is 10.9. The first kappa shape index (κ1) is 12.0. The Morgan fingerprint density at radius 1 is 1.59 bits per heavy atom. The van der Waals surface area contributed by atoms with Gasteiger partial charge in [0.05, 0.1) is 10.7 Å². The highest BCUT2D eigenvalue weighted by atomic mass is 32.1. The van der Waals surface area contributed by atoms with E-state index in [2.05, 4.69) is 16.4 Å². The molecule has 90 valence electrons. The molecule has 0 atom stereocenters. The maximum absolute atomic E-state index is 11.8. The summed E-state index contributed by atoms with van der Waals surface area (Å²) in [5.41, 5.74) is 2.88. The Bertz CT molecular complexity index is 485. The molecule has 1 aliphatic carbocycles. The second-order valence-corrected chi connectivity index (χ2v) is 5.10. The number of rotatable bonds is 4. The zero-order chi connectivity index (χ0) is 12.3. The minimum Gasteiger partial charge on any atom is -0.352 e. The third-order valence-corrected chi connectivity index (χ3v) is 3.39. The van der Waals surface area contributed by atoms with Crippen molar-refractivity contribution < 1.29 is 4.79 Å². The number of carbonyl (C=O) groups excluding carboxylic acids is 1. The number of amides is 1. The Kier molecular flexibility index (Phi) is 3.74. The third-order valence-electron chi connectivity index (χ3n) is 2.61. The van der Waals surface area contributed by atoms with Gasteiger partial charge in [-0.05, 0) is 31.4 Å². The Hall–Kier alpha value is -1.42. The van der Waals surface area contributed by atoms with Crippen molar-refractivity contribution in [3.63, 3.8) is 0 Å².